The molecule has 1 amide bonds. The van der Waals surface area contributed by atoms with E-state index in [2.05, 4.69) is 5.32 Å². The van der Waals surface area contributed by atoms with Crippen molar-refractivity contribution in [3.05, 3.63) is 52.6 Å². The molecular weight excluding hydrogens is 530 g/mol. The number of nitrogens with zero attached hydrogens (tertiary/aromatic N) is 1. The van der Waals surface area contributed by atoms with Crippen molar-refractivity contribution in [3.8, 4) is 11.5 Å². The van der Waals surface area contributed by atoms with Crippen LogP contribution in [0.2, 0.25) is 0 Å². The van der Waals surface area contributed by atoms with Crippen molar-refractivity contribution in [2.75, 3.05) is 26.1 Å². The van der Waals surface area contributed by atoms with Crippen LogP contribution in [0.4, 0.5) is 5.69 Å². The minimum atomic E-state index is -2.67. The van der Waals surface area contributed by atoms with E-state index >= 15 is 0 Å². The van der Waals surface area contributed by atoms with Gasteiger partial charge in [-0.3, -0.25) is 24.0 Å². The van der Waals surface area contributed by atoms with Crippen LogP contribution in [0.5, 0.6) is 11.5 Å². The van der Waals surface area contributed by atoms with Crippen molar-refractivity contribution in [3.63, 3.8) is 0 Å². The van der Waals surface area contributed by atoms with Gasteiger partial charge in [0.25, 0.3) is 0 Å². The van der Waals surface area contributed by atoms with Crippen molar-refractivity contribution in [1.82, 2.24) is 5.32 Å². The first-order valence-electron chi connectivity index (χ1n) is 13.5. The van der Waals surface area contributed by atoms with E-state index in [0.29, 0.717) is 23.4 Å². The number of ketones is 4. The maximum absolute atomic E-state index is 14.0. The summed E-state index contributed by atoms with van der Waals surface area (Å²) >= 11 is 0. The lowest BCUT2D eigenvalue weighted by Gasteiger charge is -2.48. The fraction of sp³-hybridized carbons (Fsp3) is 0.433. The summed E-state index contributed by atoms with van der Waals surface area (Å²) in [4.78, 5) is 67.0. The number of anilines is 1. The largest absolute Gasteiger partial charge is 0.507 e. The van der Waals surface area contributed by atoms with Gasteiger partial charge < -0.3 is 30.9 Å². The number of nitrogens with one attached hydrogen (secondary N) is 1. The minimum Gasteiger partial charge on any atom is -0.507 e. The number of amides is 1. The first kappa shape index (κ1) is 28.4. The smallest absolute Gasteiger partial charge is 0.235 e. The molecule has 216 valence electrons. The molecule has 0 radical (unpaired) electrons. The number of Topliss-reactive ketones (excluding diaryl/α,β-unsaturated/α-hetero) is 4. The van der Waals surface area contributed by atoms with Gasteiger partial charge in [0, 0.05) is 50.8 Å². The first-order valence-corrected chi connectivity index (χ1v) is 13.5. The highest BCUT2D eigenvalue weighted by Crippen LogP contribution is 2.51. The number of carbonyl (C=O) groups excluding carboxylic acids is 5. The lowest BCUT2D eigenvalue weighted by atomic mass is 9.53. The number of fused-ring (bicyclic) bond motifs is 3. The number of phenols is 1. The van der Waals surface area contributed by atoms with Crippen molar-refractivity contribution in [1.29, 1.82) is 0 Å². The molecule has 0 spiro atoms. The van der Waals surface area contributed by atoms with Gasteiger partial charge in [0.15, 0.2) is 34.7 Å². The summed E-state index contributed by atoms with van der Waals surface area (Å²) in [6.45, 7) is 0.694. The Morgan fingerprint density at radius 2 is 1.78 bits per heavy atom. The van der Waals surface area contributed by atoms with E-state index in [1.54, 1.807) is 13.2 Å². The second-order valence-electron chi connectivity index (χ2n) is 11.3. The maximum atomic E-state index is 14.0. The zero-order valence-corrected chi connectivity index (χ0v) is 23.1. The quantitative estimate of drug-likeness (QED) is 0.351. The standard InChI is InChI=1S/C30H33N3O8/c1-33(2)20-10-16(13-32-12-14-4-6-18(41-3)7-5-14)25(35)23-19(20)9-15-8-17-11-21(34)24(29(31)39)28(38)30(17,40)27(37)22(15)26(23)36/h4-7,10,15,17,22,24,32,35,40H,8-9,11-13H2,1-3H3,(H2,31,39)/t15-,17+,22?,24?,30+/m1/s1. The van der Waals surface area contributed by atoms with Crippen LogP contribution in [0, 0.1) is 23.7 Å². The number of primary amides is 1. The molecule has 11 heteroatoms. The van der Waals surface area contributed by atoms with Crippen molar-refractivity contribution >= 4 is 34.7 Å². The number of ether oxygens (including phenoxy) is 1. The number of hydrogen-bond donors (Lipinski definition) is 4. The molecule has 2 unspecified atom stereocenters. The number of methoxy groups -OCH3 is 1. The number of nitrogens with two attached hydrogens (primary N) is 1. The molecule has 3 aliphatic carbocycles. The molecule has 2 fully saturated rings. The topological polar surface area (TPSA) is 176 Å². The third kappa shape index (κ3) is 4.49. The molecule has 0 aliphatic heterocycles. The molecule has 2 saturated carbocycles. The first-order chi connectivity index (χ1) is 19.4. The van der Waals surface area contributed by atoms with Crippen LogP contribution >= 0.6 is 0 Å². The summed E-state index contributed by atoms with van der Waals surface area (Å²) in [6.07, 6.45) is -0.0807. The number of rotatable bonds is 7. The van der Waals surface area contributed by atoms with E-state index < -0.39 is 58.3 Å². The molecule has 5 rings (SSSR count). The van der Waals surface area contributed by atoms with Gasteiger partial charge in [-0.15, -0.1) is 0 Å². The third-order valence-electron chi connectivity index (χ3n) is 8.74. The predicted octanol–water partition coefficient (Wildman–Crippen LogP) is 0.691. The van der Waals surface area contributed by atoms with Crippen LogP contribution in [0.3, 0.4) is 0 Å². The Morgan fingerprint density at radius 3 is 2.39 bits per heavy atom. The molecule has 5 N–H and O–H groups in total. The Hall–Kier alpha value is -4.09. The zero-order valence-electron chi connectivity index (χ0n) is 23.1. The Morgan fingerprint density at radius 1 is 1.10 bits per heavy atom. The number of aliphatic hydroxyl groups is 1. The van der Waals surface area contributed by atoms with Crippen LogP contribution in [0.15, 0.2) is 30.3 Å². The van der Waals surface area contributed by atoms with Gasteiger partial charge in [-0.2, -0.15) is 0 Å². The molecule has 0 bridgehead atoms. The predicted molar refractivity (Wildman–Crippen MR) is 146 cm³/mol. The normalized spacial score (nSPS) is 27.1. The molecule has 0 saturated heterocycles. The van der Waals surface area contributed by atoms with E-state index in [0.717, 1.165) is 11.3 Å². The molecular formula is C30H33N3O8. The lowest BCUT2D eigenvalue weighted by molar-refractivity contribution is -0.175. The van der Waals surface area contributed by atoms with E-state index in [1.807, 2.05) is 43.3 Å². The Balaban J connectivity index is 1.48. The van der Waals surface area contributed by atoms with Gasteiger partial charge in [-0.1, -0.05) is 12.1 Å². The third-order valence-corrected chi connectivity index (χ3v) is 8.74. The van der Waals surface area contributed by atoms with E-state index in [4.69, 9.17) is 10.5 Å². The number of carbonyl (C=O) groups is 5. The molecule has 2 aromatic carbocycles. The molecule has 41 heavy (non-hydrogen) atoms. The molecule has 0 aromatic heterocycles. The Kier molecular flexibility index (Phi) is 7.20. The highest BCUT2D eigenvalue weighted by Gasteiger charge is 2.66. The summed E-state index contributed by atoms with van der Waals surface area (Å²) in [5.41, 5.74) is 5.26. The number of hydrogen-bond acceptors (Lipinski definition) is 10. The Labute approximate surface area is 236 Å². The van der Waals surface area contributed by atoms with Crippen molar-refractivity contribution in [2.45, 2.75) is 38.0 Å². The lowest BCUT2D eigenvalue weighted by Crippen LogP contribution is -2.68. The summed E-state index contributed by atoms with van der Waals surface area (Å²) in [5, 5.41) is 26.0. The average molecular weight is 564 g/mol. The fourth-order valence-electron chi connectivity index (χ4n) is 6.69. The second kappa shape index (κ2) is 10.4. The van der Waals surface area contributed by atoms with Crippen LogP contribution in [0.25, 0.3) is 0 Å². The maximum Gasteiger partial charge on any atom is 0.235 e. The summed E-state index contributed by atoms with van der Waals surface area (Å²) in [5.74, 6) is -9.47. The van der Waals surface area contributed by atoms with E-state index in [9.17, 15) is 34.2 Å². The van der Waals surface area contributed by atoms with E-state index in [1.165, 1.54) is 0 Å². The van der Waals surface area contributed by atoms with Crippen LogP contribution < -0.4 is 20.7 Å². The molecule has 5 atom stereocenters. The van der Waals surface area contributed by atoms with Crippen LogP contribution in [0.1, 0.15) is 39.9 Å². The SMILES string of the molecule is COc1ccc(CNCc2cc(N(C)C)c3c(c2O)C(=O)C2C(=O)[C@]4(O)C(=O)C(C(N)=O)C(=O)C[C@@H]4C[C@@H]2C3)cc1. The number of phenolic OH excluding ortho intramolecular Hbond substituents is 1. The molecule has 11 nitrogen and oxygen atoms in total. The van der Waals surface area contributed by atoms with Gasteiger partial charge in [-0.05, 0) is 48.1 Å². The second-order valence-corrected chi connectivity index (χ2v) is 11.3. The van der Waals surface area contributed by atoms with Gasteiger partial charge >= 0.3 is 0 Å². The highest BCUT2D eigenvalue weighted by atomic mass is 16.5. The zero-order chi connectivity index (χ0) is 29.8. The molecule has 3 aliphatic rings. The van der Waals surface area contributed by atoms with Crippen molar-refractivity contribution in [2.24, 2.45) is 29.4 Å². The number of benzene rings is 2. The average Bonchev–Trinajstić information content (AvgIpc) is 2.91. The Bertz CT molecular complexity index is 1470. The van der Waals surface area contributed by atoms with Crippen LogP contribution in [-0.4, -0.2) is 66.1 Å². The monoisotopic (exact) mass is 563 g/mol. The molecule has 0 heterocycles. The fourth-order valence-corrected chi connectivity index (χ4v) is 6.69. The summed E-state index contributed by atoms with van der Waals surface area (Å²) in [6, 6.07) is 9.29. The van der Waals surface area contributed by atoms with E-state index in [-0.39, 0.29) is 37.1 Å². The number of aromatic hydroxyl groups is 1. The molecule has 2 aromatic rings. The minimum absolute atomic E-state index is 0.0140. The summed E-state index contributed by atoms with van der Waals surface area (Å²) in [7, 11) is 5.21. The van der Waals surface area contributed by atoms with Gasteiger partial charge in [0.05, 0.1) is 18.6 Å². The van der Waals surface area contributed by atoms with Gasteiger partial charge in [-0.25, -0.2) is 0 Å². The van der Waals surface area contributed by atoms with Gasteiger partial charge in [0.2, 0.25) is 5.91 Å². The van der Waals surface area contributed by atoms with Gasteiger partial charge in [0.1, 0.15) is 11.5 Å². The summed E-state index contributed by atoms with van der Waals surface area (Å²) < 4.78 is 5.18. The van der Waals surface area contributed by atoms with Crippen molar-refractivity contribution < 1.29 is 38.9 Å². The van der Waals surface area contributed by atoms with Crippen LogP contribution in [-0.2, 0) is 38.7 Å². The highest BCUT2D eigenvalue weighted by molar-refractivity contribution is 6.31.